The first-order valence-electron chi connectivity index (χ1n) is 10.3. The third kappa shape index (κ3) is 4.12. The molecule has 0 radical (unpaired) electrons. The molecule has 1 atom stereocenters. The summed E-state index contributed by atoms with van der Waals surface area (Å²) in [5.41, 5.74) is 6.02. The van der Waals surface area contributed by atoms with Gasteiger partial charge in [0.1, 0.15) is 18.1 Å². The lowest BCUT2D eigenvalue weighted by atomic mass is 9.93. The number of benzene rings is 3. The first-order valence-corrected chi connectivity index (χ1v) is 12.7. The molecule has 1 aromatic heterocycles. The molecule has 7 heteroatoms. The van der Waals surface area contributed by atoms with Crippen LogP contribution in [0.15, 0.2) is 68.0 Å². The summed E-state index contributed by atoms with van der Waals surface area (Å²) in [7, 11) is 1.69. The van der Waals surface area contributed by atoms with Crippen molar-refractivity contribution in [3.05, 3.63) is 90.4 Å². The molecule has 5 rings (SSSR count). The number of aromatic nitrogens is 1. The third-order valence-corrected chi connectivity index (χ3v) is 7.47. The van der Waals surface area contributed by atoms with E-state index in [1.807, 2.05) is 18.2 Å². The second-order valence-corrected chi connectivity index (χ2v) is 10.4. The molecule has 1 aliphatic rings. The Morgan fingerprint density at radius 1 is 1.00 bits per heavy atom. The van der Waals surface area contributed by atoms with Crippen LogP contribution in [0.25, 0.3) is 10.9 Å². The van der Waals surface area contributed by atoms with Gasteiger partial charge in [0.15, 0.2) is 0 Å². The van der Waals surface area contributed by atoms with E-state index in [2.05, 4.69) is 94.5 Å². The van der Waals surface area contributed by atoms with E-state index in [1.54, 1.807) is 7.11 Å². The lowest BCUT2D eigenvalue weighted by Gasteiger charge is -2.25. The molecule has 0 saturated heterocycles. The predicted molar refractivity (Wildman–Crippen MR) is 139 cm³/mol. The number of aromatic amines is 1. The van der Waals surface area contributed by atoms with E-state index in [4.69, 9.17) is 9.47 Å². The Morgan fingerprint density at radius 2 is 1.78 bits per heavy atom. The van der Waals surface area contributed by atoms with Crippen LogP contribution in [0, 0.1) is 0 Å². The van der Waals surface area contributed by atoms with Gasteiger partial charge in [-0.05, 0) is 79.7 Å². The van der Waals surface area contributed by atoms with Crippen LogP contribution in [-0.2, 0) is 13.0 Å². The van der Waals surface area contributed by atoms with Crippen molar-refractivity contribution >= 4 is 58.7 Å². The summed E-state index contributed by atoms with van der Waals surface area (Å²) in [5.74, 6) is 1.57. The van der Waals surface area contributed by atoms with Gasteiger partial charge in [-0.25, -0.2) is 0 Å². The van der Waals surface area contributed by atoms with E-state index in [0.717, 1.165) is 43.4 Å². The number of nitrogens with one attached hydrogen (secondary N) is 2. The molecule has 32 heavy (non-hydrogen) atoms. The topological polar surface area (TPSA) is 46.3 Å². The highest BCUT2D eigenvalue weighted by Gasteiger charge is 2.26. The fourth-order valence-electron chi connectivity index (χ4n) is 4.37. The quantitative estimate of drug-likeness (QED) is 0.247. The standard InChI is InChI=1S/C25H21Br3N2O2/c1-31-22-7-6-14(10-15(22)13-32-25-19(27)11-16(26)12-20(25)28)23-24-18(8-9-29-23)17-4-2-3-5-21(17)30-24/h2-7,10-12,23,29-30H,8-9,13H2,1H3. The van der Waals surface area contributed by atoms with Crippen LogP contribution in [0.5, 0.6) is 11.5 Å². The third-order valence-electron chi connectivity index (χ3n) is 5.83. The highest BCUT2D eigenvalue weighted by Crippen LogP contribution is 2.38. The SMILES string of the molecule is COc1ccc(C2NCCc3c2[nH]c2ccccc32)cc1COc1c(Br)cc(Br)cc1Br. The Balaban J connectivity index is 1.48. The van der Waals surface area contributed by atoms with E-state index >= 15 is 0 Å². The molecular weight excluding hydrogens is 600 g/mol. The van der Waals surface area contributed by atoms with Crippen molar-refractivity contribution in [1.82, 2.24) is 10.3 Å². The molecule has 2 heterocycles. The molecule has 1 unspecified atom stereocenters. The van der Waals surface area contributed by atoms with Crippen LogP contribution in [-0.4, -0.2) is 18.6 Å². The first kappa shape index (κ1) is 22.0. The lowest BCUT2D eigenvalue weighted by molar-refractivity contribution is 0.293. The number of methoxy groups -OCH3 is 1. The van der Waals surface area contributed by atoms with Crippen LogP contribution in [0.1, 0.15) is 28.4 Å². The molecule has 4 nitrogen and oxygen atoms in total. The number of H-pyrrole nitrogens is 1. The van der Waals surface area contributed by atoms with Crippen LogP contribution in [0.4, 0.5) is 0 Å². The molecule has 3 aromatic carbocycles. The van der Waals surface area contributed by atoms with E-state index in [1.165, 1.54) is 27.7 Å². The molecule has 0 saturated carbocycles. The van der Waals surface area contributed by atoms with Crippen molar-refractivity contribution in [3.63, 3.8) is 0 Å². The van der Waals surface area contributed by atoms with E-state index in [9.17, 15) is 0 Å². The maximum atomic E-state index is 6.19. The fraction of sp³-hybridized carbons (Fsp3) is 0.200. The second kappa shape index (κ2) is 9.21. The number of fused-ring (bicyclic) bond motifs is 3. The van der Waals surface area contributed by atoms with Gasteiger partial charge in [-0.15, -0.1) is 0 Å². The van der Waals surface area contributed by atoms with Gasteiger partial charge in [0.25, 0.3) is 0 Å². The van der Waals surface area contributed by atoms with E-state index in [-0.39, 0.29) is 6.04 Å². The Bertz CT molecular complexity index is 1280. The van der Waals surface area contributed by atoms with Gasteiger partial charge in [-0.2, -0.15) is 0 Å². The highest BCUT2D eigenvalue weighted by atomic mass is 79.9. The van der Waals surface area contributed by atoms with Crippen LogP contribution < -0.4 is 14.8 Å². The number of ether oxygens (including phenoxy) is 2. The summed E-state index contributed by atoms with van der Waals surface area (Å²) < 4.78 is 14.6. The molecule has 1 aliphatic heterocycles. The fourth-order valence-corrected chi connectivity index (χ4v) is 6.86. The smallest absolute Gasteiger partial charge is 0.148 e. The Morgan fingerprint density at radius 3 is 2.56 bits per heavy atom. The summed E-state index contributed by atoms with van der Waals surface area (Å²) in [5, 5.41) is 5.00. The summed E-state index contributed by atoms with van der Waals surface area (Å²) in [4.78, 5) is 3.65. The average molecular weight is 621 g/mol. The molecular formula is C25H21Br3N2O2. The maximum absolute atomic E-state index is 6.19. The molecule has 0 amide bonds. The summed E-state index contributed by atoms with van der Waals surface area (Å²) in [6.45, 7) is 1.33. The van der Waals surface area contributed by atoms with Crippen LogP contribution >= 0.6 is 47.8 Å². The normalized spacial score (nSPS) is 15.6. The molecule has 0 bridgehead atoms. The molecule has 4 aromatic rings. The monoisotopic (exact) mass is 618 g/mol. The van der Waals surface area contributed by atoms with Crippen molar-refractivity contribution in [1.29, 1.82) is 0 Å². The zero-order chi connectivity index (χ0) is 22.2. The van der Waals surface area contributed by atoms with Crippen molar-refractivity contribution in [2.45, 2.75) is 19.1 Å². The predicted octanol–water partition coefficient (Wildman–Crippen LogP) is 7.28. The molecule has 2 N–H and O–H groups in total. The zero-order valence-corrected chi connectivity index (χ0v) is 22.1. The van der Waals surface area contributed by atoms with Crippen molar-refractivity contribution < 1.29 is 9.47 Å². The number of para-hydroxylation sites is 1. The van der Waals surface area contributed by atoms with Gasteiger partial charge in [0.05, 0.1) is 22.1 Å². The minimum Gasteiger partial charge on any atom is -0.496 e. The maximum Gasteiger partial charge on any atom is 0.148 e. The van der Waals surface area contributed by atoms with E-state index in [0.29, 0.717) is 6.61 Å². The van der Waals surface area contributed by atoms with Crippen LogP contribution in [0.2, 0.25) is 0 Å². The Labute approximate surface area is 212 Å². The molecule has 0 aliphatic carbocycles. The van der Waals surface area contributed by atoms with Gasteiger partial charge in [-0.1, -0.05) is 40.2 Å². The van der Waals surface area contributed by atoms with Gasteiger partial charge in [-0.3, -0.25) is 0 Å². The average Bonchev–Trinajstić information content (AvgIpc) is 3.17. The number of halogens is 3. The van der Waals surface area contributed by atoms with Crippen molar-refractivity contribution in [2.75, 3.05) is 13.7 Å². The van der Waals surface area contributed by atoms with E-state index < -0.39 is 0 Å². The van der Waals surface area contributed by atoms with Crippen molar-refractivity contribution in [3.8, 4) is 11.5 Å². The summed E-state index contributed by atoms with van der Waals surface area (Å²) in [6.07, 6.45) is 1.02. The second-order valence-electron chi connectivity index (χ2n) is 7.76. The number of hydrogen-bond donors (Lipinski definition) is 2. The van der Waals surface area contributed by atoms with Gasteiger partial charge in [0, 0.05) is 33.2 Å². The Hall–Kier alpha value is -1.80. The number of hydrogen-bond acceptors (Lipinski definition) is 3. The van der Waals surface area contributed by atoms with Crippen molar-refractivity contribution in [2.24, 2.45) is 0 Å². The number of rotatable bonds is 5. The molecule has 0 spiro atoms. The van der Waals surface area contributed by atoms with Gasteiger partial charge < -0.3 is 19.8 Å². The minimum absolute atomic E-state index is 0.0990. The zero-order valence-electron chi connectivity index (χ0n) is 17.3. The largest absolute Gasteiger partial charge is 0.496 e. The van der Waals surface area contributed by atoms with Crippen LogP contribution in [0.3, 0.4) is 0 Å². The lowest BCUT2D eigenvalue weighted by Crippen LogP contribution is -2.30. The minimum atomic E-state index is 0.0990. The van der Waals surface area contributed by atoms with Gasteiger partial charge >= 0.3 is 0 Å². The molecule has 164 valence electrons. The Kier molecular flexibility index (Phi) is 6.34. The summed E-state index contributed by atoms with van der Waals surface area (Å²) in [6, 6.07) is 18.9. The van der Waals surface area contributed by atoms with Gasteiger partial charge in [0.2, 0.25) is 0 Å². The molecule has 0 fully saturated rings. The summed E-state index contributed by atoms with van der Waals surface area (Å²) >= 11 is 10.7. The first-order chi connectivity index (χ1) is 15.5. The highest BCUT2D eigenvalue weighted by molar-refractivity contribution is 9.11.